The lowest BCUT2D eigenvalue weighted by Gasteiger charge is -2.32. The second-order valence-corrected chi connectivity index (χ2v) is 7.60. The molecule has 0 spiro atoms. The first-order valence-electron chi connectivity index (χ1n) is 9.84. The Labute approximate surface area is 172 Å². The summed E-state index contributed by atoms with van der Waals surface area (Å²) in [6.45, 7) is 0.937. The van der Waals surface area contributed by atoms with Crippen LogP contribution >= 0.6 is 0 Å². The van der Waals surface area contributed by atoms with Crippen LogP contribution in [0.15, 0.2) is 42.5 Å². The molecule has 30 heavy (non-hydrogen) atoms. The van der Waals surface area contributed by atoms with Crippen LogP contribution in [0, 0.1) is 0 Å². The zero-order chi connectivity index (χ0) is 20.8. The van der Waals surface area contributed by atoms with E-state index in [2.05, 4.69) is 4.98 Å². The summed E-state index contributed by atoms with van der Waals surface area (Å²) in [6, 6.07) is 12.6. The minimum atomic E-state index is -0.815. The Bertz CT molecular complexity index is 1200. The van der Waals surface area contributed by atoms with Crippen molar-refractivity contribution in [1.82, 2.24) is 9.88 Å². The SMILES string of the molecule is COC(=O)c1ccc2[nH]c3c(c2c1)CN(C(=O)C1Cc2ccccc2C(=O)O1)CC3. The van der Waals surface area contributed by atoms with Gasteiger partial charge < -0.3 is 19.4 Å². The summed E-state index contributed by atoms with van der Waals surface area (Å²) in [5.74, 6) is -1.05. The molecule has 5 rings (SSSR count). The molecular weight excluding hydrogens is 384 g/mol. The second kappa shape index (κ2) is 7.02. The molecule has 1 N–H and O–H groups in total. The molecule has 1 aromatic heterocycles. The predicted octanol–water partition coefficient (Wildman–Crippen LogP) is 2.62. The Balaban J connectivity index is 1.42. The monoisotopic (exact) mass is 404 g/mol. The number of cyclic esters (lactones) is 1. The van der Waals surface area contributed by atoms with Crippen LogP contribution in [0.25, 0.3) is 10.9 Å². The number of nitrogens with one attached hydrogen (secondary N) is 1. The number of aromatic nitrogens is 1. The van der Waals surface area contributed by atoms with E-state index in [1.165, 1.54) is 7.11 Å². The number of methoxy groups -OCH3 is 1. The standard InChI is InChI=1S/C23H20N2O5/c1-29-22(27)14-6-7-18-16(10-14)17-12-25(9-8-19(17)24-18)21(26)20-11-13-4-2-3-5-15(13)23(28)30-20/h2-7,10,20,24H,8-9,11-12H2,1H3. The molecule has 2 aliphatic rings. The van der Waals surface area contributed by atoms with Crippen LogP contribution in [0.4, 0.5) is 0 Å². The van der Waals surface area contributed by atoms with Gasteiger partial charge in [0, 0.05) is 48.1 Å². The van der Waals surface area contributed by atoms with Crippen LogP contribution in [0.3, 0.4) is 0 Å². The Morgan fingerprint density at radius 1 is 1.20 bits per heavy atom. The number of carbonyl (C=O) groups excluding carboxylic acids is 3. The quantitative estimate of drug-likeness (QED) is 0.664. The number of hydrogen-bond acceptors (Lipinski definition) is 5. The molecule has 0 bridgehead atoms. The molecular formula is C23H20N2O5. The van der Waals surface area contributed by atoms with Crippen molar-refractivity contribution in [3.8, 4) is 0 Å². The Morgan fingerprint density at radius 2 is 2.03 bits per heavy atom. The lowest BCUT2D eigenvalue weighted by atomic mass is 9.97. The fourth-order valence-electron chi connectivity index (χ4n) is 4.32. The third-order valence-electron chi connectivity index (χ3n) is 5.88. The number of amides is 1. The van der Waals surface area contributed by atoms with Crippen molar-refractivity contribution in [2.24, 2.45) is 0 Å². The van der Waals surface area contributed by atoms with E-state index < -0.39 is 18.0 Å². The van der Waals surface area contributed by atoms with Crippen molar-refractivity contribution in [2.45, 2.75) is 25.5 Å². The number of hydrogen-bond donors (Lipinski definition) is 1. The van der Waals surface area contributed by atoms with Crippen LogP contribution in [-0.4, -0.2) is 47.5 Å². The van der Waals surface area contributed by atoms with E-state index in [1.54, 1.807) is 29.2 Å². The first-order valence-corrected chi connectivity index (χ1v) is 9.84. The second-order valence-electron chi connectivity index (χ2n) is 7.60. The highest BCUT2D eigenvalue weighted by atomic mass is 16.5. The molecule has 7 heteroatoms. The smallest absolute Gasteiger partial charge is 0.339 e. The van der Waals surface area contributed by atoms with Crippen LogP contribution in [0.2, 0.25) is 0 Å². The highest BCUT2D eigenvalue weighted by Gasteiger charge is 2.35. The van der Waals surface area contributed by atoms with Crippen molar-refractivity contribution >= 4 is 28.7 Å². The maximum absolute atomic E-state index is 13.2. The van der Waals surface area contributed by atoms with Crippen LogP contribution < -0.4 is 0 Å². The van der Waals surface area contributed by atoms with Crippen LogP contribution in [0.1, 0.15) is 37.5 Å². The molecule has 152 valence electrons. The van der Waals surface area contributed by atoms with Gasteiger partial charge in [-0.1, -0.05) is 18.2 Å². The van der Waals surface area contributed by atoms with Gasteiger partial charge in [-0.05, 0) is 29.8 Å². The minimum absolute atomic E-state index is 0.193. The third kappa shape index (κ3) is 2.94. The molecule has 0 saturated carbocycles. The lowest BCUT2D eigenvalue weighted by molar-refractivity contribution is -0.142. The van der Waals surface area contributed by atoms with Crippen LogP contribution in [-0.2, 0) is 33.7 Å². The summed E-state index contributed by atoms with van der Waals surface area (Å²) in [5, 5.41) is 0.899. The Kier molecular flexibility index (Phi) is 4.31. The number of H-pyrrole nitrogens is 1. The van der Waals surface area contributed by atoms with Gasteiger partial charge in [-0.2, -0.15) is 0 Å². The summed E-state index contributed by atoms with van der Waals surface area (Å²) in [4.78, 5) is 42.5. The number of fused-ring (bicyclic) bond motifs is 4. The molecule has 2 aromatic carbocycles. The van der Waals surface area contributed by atoms with E-state index in [9.17, 15) is 14.4 Å². The minimum Gasteiger partial charge on any atom is -0.465 e. The molecule has 1 unspecified atom stereocenters. The summed E-state index contributed by atoms with van der Waals surface area (Å²) >= 11 is 0. The van der Waals surface area contributed by atoms with Gasteiger partial charge in [-0.3, -0.25) is 4.79 Å². The maximum atomic E-state index is 13.2. The maximum Gasteiger partial charge on any atom is 0.339 e. The number of carbonyl (C=O) groups is 3. The summed E-state index contributed by atoms with van der Waals surface area (Å²) in [5.41, 5.74) is 4.78. The van der Waals surface area contributed by atoms with Crippen molar-refractivity contribution in [3.63, 3.8) is 0 Å². The van der Waals surface area contributed by atoms with E-state index in [1.807, 2.05) is 18.2 Å². The number of aromatic amines is 1. The fraction of sp³-hybridized carbons (Fsp3) is 0.261. The zero-order valence-corrected chi connectivity index (χ0v) is 16.4. The first-order chi connectivity index (χ1) is 14.5. The Hall–Kier alpha value is -3.61. The van der Waals surface area contributed by atoms with Gasteiger partial charge in [0.05, 0.1) is 18.2 Å². The van der Waals surface area contributed by atoms with E-state index in [0.717, 1.165) is 27.7 Å². The lowest BCUT2D eigenvalue weighted by Crippen LogP contribution is -2.46. The zero-order valence-electron chi connectivity index (χ0n) is 16.4. The molecule has 3 aromatic rings. The highest BCUT2D eigenvalue weighted by Crippen LogP contribution is 2.30. The number of benzene rings is 2. The van der Waals surface area contributed by atoms with Crippen molar-refractivity contribution in [3.05, 3.63) is 70.4 Å². The molecule has 7 nitrogen and oxygen atoms in total. The number of rotatable bonds is 2. The molecule has 0 radical (unpaired) electrons. The number of ether oxygens (including phenoxy) is 2. The average Bonchev–Trinajstić information content (AvgIpc) is 3.15. The highest BCUT2D eigenvalue weighted by molar-refractivity contribution is 5.97. The average molecular weight is 404 g/mol. The van der Waals surface area contributed by atoms with E-state index >= 15 is 0 Å². The number of nitrogens with zero attached hydrogens (tertiary/aromatic N) is 1. The topological polar surface area (TPSA) is 88.7 Å². The van der Waals surface area contributed by atoms with Gasteiger partial charge in [-0.25, -0.2) is 9.59 Å². The largest absolute Gasteiger partial charge is 0.465 e. The molecule has 0 fully saturated rings. The van der Waals surface area contributed by atoms with Crippen molar-refractivity contribution in [2.75, 3.05) is 13.7 Å². The third-order valence-corrected chi connectivity index (χ3v) is 5.88. The van der Waals surface area contributed by atoms with E-state index in [-0.39, 0.29) is 5.91 Å². The molecule has 2 aliphatic heterocycles. The van der Waals surface area contributed by atoms with Gasteiger partial charge >= 0.3 is 11.9 Å². The van der Waals surface area contributed by atoms with Crippen molar-refractivity contribution in [1.29, 1.82) is 0 Å². The molecule has 1 amide bonds. The normalized spacial score (nSPS) is 17.8. The van der Waals surface area contributed by atoms with Gasteiger partial charge in [0.2, 0.25) is 0 Å². The van der Waals surface area contributed by atoms with E-state index in [0.29, 0.717) is 37.1 Å². The fourth-order valence-corrected chi connectivity index (χ4v) is 4.32. The molecule has 0 aliphatic carbocycles. The van der Waals surface area contributed by atoms with Gasteiger partial charge in [0.15, 0.2) is 6.10 Å². The van der Waals surface area contributed by atoms with Gasteiger partial charge in [0.1, 0.15) is 0 Å². The van der Waals surface area contributed by atoms with Gasteiger partial charge in [0.25, 0.3) is 5.91 Å². The van der Waals surface area contributed by atoms with Crippen molar-refractivity contribution < 1.29 is 23.9 Å². The molecule has 1 atom stereocenters. The first kappa shape index (κ1) is 18.4. The van der Waals surface area contributed by atoms with Crippen LogP contribution in [0.5, 0.6) is 0 Å². The number of esters is 2. The van der Waals surface area contributed by atoms with E-state index in [4.69, 9.17) is 9.47 Å². The predicted molar refractivity (Wildman–Crippen MR) is 108 cm³/mol. The summed E-state index contributed by atoms with van der Waals surface area (Å²) in [7, 11) is 1.35. The Morgan fingerprint density at radius 3 is 2.87 bits per heavy atom. The summed E-state index contributed by atoms with van der Waals surface area (Å²) in [6.07, 6.45) is 0.232. The van der Waals surface area contributed by atoms with Gasteiger partial charge in [-0.15, -0.1) is 0 Å². The molecule has 3 heterocycles. The molecule has 0 saturated heterocycles. The summed E-state index contributed by atoms with van der Waals surface area (Å²) < 4.78 is 10.3.